The molecule has 0 saturated carbocycles. The van der Waals surface area contributed by atoms with Gasteiger partial charge in [0.25, 0.3) is 11.6 Å². The van der Waals surface area contributed by atoms with Gasteiger partial charge in [-0.1, -0.05) is 35.9 Å². The van der Waals surface area contributed by atoms with Crippen LogP contribution in [0.1, 0.15) is 33.2 Å². The van der Waals surface area contributed by atoms with Crippen LogP contribution in [-0.2, 0) is 4.74 Å². The van der Waals surface area contributed by atoms with Crippen molar-refractivity contribution >= 4 is 11.6 Å². The molecule has 0 spiro atoms. The van der Waals surface area contributed by atoms with Gasteiger partial charge in [-0.15, -0.1) is 0 Å². The predicted molar refractivity (Wildman–Crippen MR) is 97.1 cm³/mol. The van der Waals surface area contributed by atoms with E-state index >= 15 is 0 Å². The van der Waals surface area contributed by atoms with Crippen LogP contribution in [0.2, 0.25) is 0 Å². The predicted octanol–water partition coefficient (Wildman–Crippen LogP) is 2.69. The van der Waals surface area contributed by atoms with Crippen LogP contribution in [0.15, 0.2) is 42.5 Å². The maximum atomic E-state index is 12.5. The summed E-state index contributed by atoms with van der Waals surface area (Å²) in [6.07, 6.45) is -0.425. The summed E-state index contributed by atoms with van der Waals surface area (Å²) in [7, 11) is 0. The molecule has 1 amide bonds. The molecule has 0 aliphatic heterocycles. The first-order valence-electron chi connectivity index (χ1n) is 8.25. The van der Waals surface area contributed by atoms with Crippen LogP contribution in [-0.4, -0.2) is 35.7 Å². The van der Waals surface area contributed by atoms with Crippen LogP contribution in [0.5, 0.6) is 0 Å². The highest BCUT2D eigenvalue weighted by Crippen LogP contribution is 2.22. The Morgan fingerprint density at radius 2 is 1.92 bits per heavy atom. The Morgan fingerprint density at radius 3 is 2.54 bits per heavy atom. The zero-order valence-electron chi connectivity index (χ0n) is 14.8. The van der Waals surface area contributed by atoms with E-state index in [9.17, 15) is 14.9 Å². The van der Waals surface area contributed by atoms with Crippen LogP contribution < -0.4 is 5.32 Å². The number of benzene rings is 2. The van der Waals surface area contributed by atoms with E-state index in [0.717, 1.165) is 11.1 Å². The Labute approximate surface area is 151 Å². The molecule has 0 radical (unpaired) electrons. The fourth-order valence-electron chi connectivity index (χ4n) is 2.60. The second kappa shape index (κ2) is 9.07. The van der Waals surface area contributed by atoms with Gasteiger partial charge in [0.1, 0.15) is 0 Å². The summed E-state index contributed by atoms with van der Waals surface area (Å²) in [4.78, 5) is 23.0. The van der Waals surface area contributed by atoms with Crippen LogP contribution in [0.4, 0.5) is 5.69 Å². The van der Waals surface area contributed by atoms with Gasteiger partial charge in [0, 0.05) is 23.7 Å². The smallest absolute Gasteiger partial charge is 0.273 e. The third-order valence-corrected chi connectivity index (χ3v) is 4.05. The quantitative estimate of drug-likeness (QED) is 0.558. The summed E-state index contributed by atoms with van der Waals surface area (Å²) in [5.41, 5.74) is 2.46. The molecule has 0 saturated heterocycles. The second-order valence-electron chi connectivity index (χ2n) is 5.91. The van der Waals surface area contributed by atoms with E-state index in [1.807, 2.05) is 31.2 Å². The molecule has 1 unspecified atom stereocenters. The molecule has 2 rings (SSSR count). The number of nitro groups is 1. The summed E-state index contributed by atoms with van der Waals surface area (Å²) in [5, 5.41) is 22.8. The molecule has 0 aliphatic carbocycles. The highest BCUT2D eigenvalue weighted by atomic mass is 16.6. The molecule has 0 aliphatic rings. The summed E-state index contributed by atoms with van der Waals surface area (Å²) in [5.74, 6) is -0.407. The standard InChI is InChI=1S/C19H22N2O5/c1-13-6-8-15(9-7-13)18(26-11-10-22)12-20-19(23)16-4-3-5-17(14(16)2)21(24)25/h3-9,18,22H,10-12H2,1-2H3,(H,20,23). The van der Waals surface area contributed by atoms with E-state index in [2.05, 4.69) is 5.32 Å². The van der Waals surface area contributed by atoms with Gasteiger partial charge < -0.3 is 15.2 Å². The van der Waals surface area contributed by atoms with E-state index < -0.39 is 16.9 Å². The molecular weight excluding hydrogens is 336 g/mol. The lowest BCUT2D eigenvalue weighted by atomic mass is 10.1. The average Bonchev–Trinajstić information content (AvgIpc) is 2.62. The van der Waals surface area contributed by atoms with Crippen molar-refractivity contribution in [2.24, 2.45) is 0 Å². The van der Waals surface area contributed by atoms with E-state index in [1.165, 1.54) is 12.1 Å². The summed E-state index contributed by atoms with van der Waals surface area (Å²) in [6.45, 7) is 3.72. The van der Waals surface area contributed by atoms with Crippen molar-refractivity contribution in [3.8, 4) is 0 Å². The fraction of sp³-hybridized carbons (Fsp3) is 0.316. The summed E-state index contributed by atoms with van der Waals surface area (Å²) >= 11 is 0. The third-order valence-electron chi connectivity index (χ3n) is 4.05. The Kier molecular flexibility index (Phi) is 6.82. The second-order valence-corrected chi connectivity index (χ2v) is 5.91. The number of carbonyl (C=O) groups excluding carboxylic acids is 1. The van der Waals surface area contributed by atoms with Gasteiger partial charge >= 0.3 is 0 Å². The Hall–Kier alpha value is -2.77. The van der Waals surface area contributed by atoms with Crippen LogP contribution in [0.25, 0.3) is 0 Å². The maximum Gasteiger partial charge on any atom is 0.273 e. The summed E-state index contributed by atoms with van der Waals surface area (Å²) < 4.78 is 5.62. The minimum atomic E-state index is -0.508. The number of ether oxygens (including phenoxy) is 1. The number of carbonyl (C=O) groups is 1. The minimum Gasteiger partial charge on any atom is -0.394 e. The highest BCUT2D eigenvalue weighted by molar-refractivity contribution is 5.96. The van der Waals surface area contributed by atoms with Gasteiger partial charge in [0.15, 0.2) is 0 Å². The van der Waals surface area contributed by atoms with E-state index in [4.69, 9.17) is 9.84 Å². The molecule has 2 N–H and O–H groups in total. The van der Waals surface area contributed by atoms with Crippen molar-refractivity contribution in [3.05, 3.63) is 74.8 Å². The molecule has 2 aromatic carbocycles. The molecule has 0 fully saturated rings. The number of hydrogen-bond acceptors (Lipinski definition) is 5. The molecule has 0 bridgehead atoms. The van der Waals surface area contributed by atoms with Crippen molar-refractivity contribution in [3.63, 3.8) is 0 Å². The van der Waals surface area contributed by atoms with Crippen LogP contribution in [0.3, 0.4) is 0 Å². The van der Waals surface area contributed by atoms with Crippen molar-refractivity contribution in [1.82, 2.24) is 5.32 Å². The van der Waals surface area contributed by atoms with E-state index in [1.54, 1.807) is 13.0 Å². The number of nitro benzene ring substituents is 1. The van der Waals surface area contributed by atoms with Crippen LogP contribution in [0, 0.1) is 24.0 Å². The van der Waals surface area contributed by atoms with E-state index in [-0.39, 0.29) is 31.0 Å². The molecular formula is C19H22N2O5. The van der Waals surface area contributed by atoms with Gasteiger partial charge in [-0.3, -0.25) is 14.9 Å². The third kappa shape index (κ3) is 4.87. The molecule has 7 nitrogen and oxygen atoms in total. The zero-order valence-corrected chi connectivity index (χ0v) is 14.8. The molecule has 2 aromatic rings. The number of amides is 1. The first kappa shape index (κ1) is 19.6. The first-order chi connectivity index (χ1) is 12.4. The number of nitrogens with one attached hydrogen (secondary N) is 1. The lowest BCUT2D eigenvalue weighted by molar-refractivity contribution is -0.385. The molecule has 7 heteroatoms. The average molecular weight is 358 g/mol. The normalized spacial score (nSPS) is 11.8. The number of aliphatic hydroxyl groups excluding tert-OH is 1. The highest BCUT2D eigenvalue weighted by Gasteiger charge is 2.19. The summed E-state index contributed by atoms with van der Waals surface area (Å²) in [6, 6.07) is 12.1. The molecule has 1 atom stereocenters. The fourth-order valence-corrected chi connectivity index (χ4v) is 2.60. The Morgan fingerprint density at radius 1 is 1.23 bits per heavy atom. The monoisotopic (exact) mass is 358 g/mol. The number of aliphatic hydroxyl groups is 1. The van der Waals surface area contributed by atoms with Crippen molar-refractivity contribution in [2.75, 3.05) is 19.8 Å². The lowest BCUT2D eigenvalue weighted by Gasteiger charge is -2.19. The topological polar surface area (TPSA) is 102 Å². The minimum absolute atomic E-state index is 0.0933. The van der Waals surface area contributed by atoms with Gasteiger partial charge in [-0.2, -0.15) is 0 Å². The van der Waals surface area contributed by atoms with Crippen molar-refractivity contribution in [1.29, 1.82) is 0 Å². The van der Waals surface area contributed by atoms with E-state index in [0.29, 0.717) is 5.56 Å². The van der Waals surface area contributed by atoms with Crippen LogP contribution >= 0.6 is 0 Å². The zero-order chi connectivity index (χ0) is 19.1. The maximum absolute atomic E-state index is 12.5. The first-order valence-corrected chi connectivity index (χ1v) is 8.25. The SMILES string of the molecule is Cc1ccc(C(CNC(=O)c2cccc([N+](=O)[O-])c2C)OCCO)cc1. The molecule has 0 aromatic heterocycles. The Bertz CT molecular complexity index is 774. The van der Waals surface area contributed by atoms with Gasteiger partial charge in [-0.05, 0) is 25.5 Å². The Balaban J connectivity index is 2.13. The van der Waals surface area contributed by atoms with Crippen molar-refractivity contribution < 1.29 is 19.6 Å². The van der Waals surface area contributed by atoms with Gasteiger partial charge in [0.05, 0.1) is 24.2 Å². The molecule has 138 valence electrons. The molecule has 0 heterocycles. The van der Waals surface area contributed by atoms with Gasteiger partial charge in [-0.25, -0.2) is 0 Å². The van der Waals surface area contributed by atoms with Gasteiger partial charge in [0.2, 0.25) is 0 Å². The largest absolute Gasteiger partial charge is 0.394 e. The number of rotatable bonds is 8. The molecule has 26 heavy (non-hydrogen) atoms. The number of hydrogen-bond donors (Lipinski definition) is 2. The number of aryl methyl sites for hydroxylation is 1. The number of nitrogens with zero attached hydrogens (tertiary/aromatic N) is 1. The lowest BCUT2D eigenvalue weighted by Crippen LogP contribution is -2.30. The van der Waals surface area contributed by atoms with Crippen molar-refractivity contribution in [2.45, 2.75) is 20.0 Å².